The number of carbonyl (C=O) groups is 1. The van der Waals surface area contributed by atoms with Crippen LogP contribution < -0.4 is 0 Å². The number of hydrogen-bond donors (Lipinski definition) is 2. The Morgan fingerprint density at radius 2 is 2.05 bits per heavy atom. The number of aliphatic carboxylic acids is 1. The zero-order chi connectivity index (χ0) is 14.4. The van der Waals surface area contributed by atoms with Crippen LogP contribution in [0.4, 0.5) is 0 Å². The van der Waals surface area contributed by atoms with Crippen LogP contribution in [0.25, 0.3) is 10.9 Å². The van der Waals surface area contributed by atoms with E-state index >= 15 is 0 Å². The monoisotopic (exact) mass is 273 g/mol. The summed E-state index contributed by atoms with van der Waals surface area (Å²) in [6.45, 7) is 2.19. The van der Waals surface area contributed by atoms with Crippen molar-refractivity contribution in [1.82, 2.24) is 4.98 Å². The maximum atomic E-state index is 11.1. The third kappa shape index (κ3) is 3.62. The molecule has 0 saturated heterocycles. The Morgan fingerprint density at radius 3 is 2.80 bits per heavy atom. The lowest BCUT2D eigenvalue weighted by molar-refractivity contribution is -0.137. The fourth-order valence-corrected chi connectivity index (χ4v) is 2.83. The lowest BCUT2D eigenvalue weighted by Crippen LogP contribution is -2.06. The molecule has 0 aliphatic rings. The average molecular weight is 273 g/mol. The van der Waals surface area contributed by atoms with Crippen LogP contribution in [-0.2, 0) is 4.79 Å². The van der Waals surface area contributed by atoms with Crippen LogP contribution in [0.3, 0.4) is 0 Å². The van der Waals surface area contributed by atoms with Gasteiger partial charge >= 0.3 is 5.97 Å². The van der Waals surface area contributed by atoms with Gasteiger partial charge in [0.05, 0.1) is 6.42 Å². The molecule has 3 nitrogen and oxygen atoms in total. The molecule has 2 N–H and O–H groups in total. The van der Waals surface area contributed by atoms with Gasteiger partial charge in [-0.05, 0) is 24.0 Å². The number of hydrogen-bond acceptors (Lipinski definition) is 1. The lowest BCUT2D eigenvalue weighted by Gasteiger charge is -2.14. The molecule has 0 aliphatic heterocycles. The van der Waals surface area contributed by atoms with Crippen molar-refractivity contribution in [1.29, 1.82) is 0 Å². The van der Waals surface area contributed by atoms with Crippen LogP contribution in [0.5, 0.6) is 0 Å². The first-order chi connectivity index (χ1) is 9.72. The van der Waals surface area contributed by atoms with Crippen LogP contribution in [0, 0.1) is 0 Å². The first-order valence-corrected chi connectivity index (χ1v) is 7.50. The Balaban J connectivity index is 2.14. The molecule has 3 heteroatoms. The Morgan fingerprint density at radius 1 is 1.25 bits per heavy atom. The highest BCUT2D eigenvalue weighted by atomic mass is 16.4. The second kappa shape index (κ2) is 7.13. The molecule has 2 aromatic rings. The van der Waals surface area contributed by atoms with E-state index in [1.54, 1.807) is 0 Å². The number of para-hydroxylation sites is 1. The number of benzene rings is 1. The minimum atomic E-state index is -0.712. The maximum Gasteiger partial charge on any atom is 0.303 e. The first-order valence-electron chi connectivity index (χ1n) is 7.50. The molecular weight excluding hydrogens is 250 g/mol. The van der Waals surface area contributed by atoms with Gasteiger partial charge in [0.2, 0.25) is 0 Å². The van der Waals surface area contributed by atoms with E-state index < -0.39 is 5.97 Å². The summed E-state index contributed by atoms with van der Waals surface area (Å²) in [5, 5.41) is 10.3. The number of carboxylic acids is 1. The summed E-state index contributed by atoms with van der Waals surface area (Å²) in [6.07, 6.45) is 7.88. The molecular formula is C17H23NO2. The van der Waals surface area contributed by atoms with Gasteiger partial charge in [-0.25, -0.2) is 0 Å². The zero-order valence-corrected chi connectivity index (χ0v) is 12.1. The van der Waals surface area contributed by atoms with Gasteiger partial charge in [0, 0.05) is 17.1 Å². The number of rotatable bonds is 8. The van der Waals surface area contributed by atoms with Gasteiger partial charge in [-0.1, -0.05) is 50.8 Å². The first kappa shape index (κ1) is 14.6. The smallest absolute Gasteiger partial charge is 0.303 e. The Hall–Kier alpha value is -1.77. The molecule has 2 rings (SSSR count). The van der Waals surface area contributed by atoms with E-state index in [1.165, 1.54) is 19.3 Å². The van der Waals surface area contributed by atoms with Gasteiger partial charge in [-0.3, -0.25) is 4.79 Å². The number of carboxylic acid groups (broad SMARTS) is 1. The number of nitrogens with one attached hydrogen (secondary N) is 1. The highest BCUT2D eigenvalue weighted by Crippen LogP contribution is 2.31. The maximum absolute atomic E-state index is 11.1. The van der Waals surface area contributed by atoms with Crippen molar-refractivity contribution in [2.75, 3.05) is 0 Å². The summed E-state index contributed by atoms with van der Waals surface area (Å²) in [4.78, 5) is 14.4. The minimum Gasteiger partial charge on any atom is -0.481 e. The molecule has 108 valence electrons. The summed E-state index contributed by atoms with van der Waals surface area (Å²) < 4.78 is 0. The van der Waals surface area contributed by atoms with Crippen molar-refractivity contribution in [3.05, 3.63) is 36.0 Å². The molecule has 1 aromatic heterocycles. The zero-order valence-electron chi connectivity index (χ0n) is 12.1. The summed E-state index contributed by atoms with van der Waals surface area (Å²) in [5.41, 5.74) is 2.24. The number of fused-ring (bicyclic) bond motifs is 1. The van der Waals surface area contributed by atoms with Crippen LogP contribution >= 0.6 is 0 Å². The number of unbranched alkanes of at least 4 members (excludes halogenated alkanes) is 3. The van der Waals surface area contributed by atoms with Gasteiger partial charge < -0.3 is 10.1 Å². The minimum absolute atomic E-state index is 0.112. The van der Waals surface area contributed by atoms with E-state index in [1.807, 2.05) is 24.4 Å². The van der Waals surface area contributed by atoms with Crippen molar-refractivity contribution in [2.45, 2.75) is 51.4 Å². The fourth-order valence-electron chi connectivity index (χ4n) is 2.83. The summed E-state index contributed by atoms with van der Waals surface area (Å²) in [6, 6.07) is 8.11. The van der Waals surface area contributed by atoms with Crippen LogP contribution in [0.2, 0.25) is 0 Å². The molecule has 0 radical (unpaired) electrons. The molecule has 0 fully saturated rings. The summed E-state index contributed by atoms with van der Waals surface area (Å²) in [7, 11) is 0. The third-order valence-corrected chi connectivity index (χ3v) is 3.89. The standard InChI is InChI=1S/C17H23NO2/c1-2-3-4-5-8-13(11-17(19)20)15-12-18-16-10-7-6-9-14(15)16/h6-7,9-10,12-13,18H,2-5,8,11H2,1H3,(H,19,20). The number of aromatic nitrogens is 1. The molecule has 1 atom stereocenters. The molecule has 0 aliphatic carbocycles. The van der Waals surface area contributed by atoms with E-state index in [2.05, 4.69) is 18.0 Å². The lowest BCUT2D eigenvalue weighted by atomic mass is 9.90. The van der Waals surface area contributed by atoms with E-state index in [4.69, 9.17) is 5.11 Å². The third-order valence-electron chi connectivity index (χ3n) is 3.89. The average Bonchev–Trinajstić information content (AvgIpc) is 2.86. The van der Waals surface area contributed by atoms with E-state index in [0.29, 0.717) is 0 Å². The van der Waals surface area contributed by atoms with Gasteiger partial charge in [0.15, 0.2) is 0 Å². The van der Waals surface area contributed by atoms with Gasteiger partial charge in [0.25, 0.3) is 0 Å². The Kier molecular flexibility index (Phi) is 5.22. The van der Waals surface area contributed by atoms with Gasteiger partial charge in [0.1, 0.15) is 0 Å². The number of aromatic amines is 1. The quantitative estimate of drug-likeness (QED) is 0.685. The van der Waals surface area contributed by atoms with Crippen molar-refractivity contribution >= 4 is 16.9 Å². The molecule has 1 aromatic carbocycles. The Bertz CT molecular complexity index is 559. The highest BCUT2D eigenvalue weighted by Gasteiger charge is 2.18. The van der Waals surface area contributed by atoms with E-state index in [-0.39, 0.29) is 12.3 Å². The molecule has 0 saturated carbocycles. The molecule has 20 heavy (non-hydrogen) atoms. The van der Waals surface area contributed by atoms with Crippen LogP contribution in [0.1, 0.15) is 56.9 Å². The normalized spacial score (nSPS) is 12.7. The Labute approximate surface area is 120 Å². The van der Waals surface area contributed by atoms with E-state index in [0.717, 1.165) is 29.3 Å². The fraction of sp³-hybridized carbons (Fsp3) is 0.471. The van der Waals surface area contributed by atoms with Gasteiger partial charge in [-0.15, -0.1) is 0 Å². The predicted molar refractivity (Wildman–Crippen MR) is 82.1 cm³/mol. The largest absolute Gasteiger partial charge is 0.481 e. The molecule has 0 amide bonds. The van der Waals surface area contributed by atoms with Crippen molar-refractivity contribution in [2.24, 2.45) is 0 Å². The molecule has 1 heterocycles. The summed E-state index contributed by atoms with van der Waals surface area (Å²) >= 11 is 0. The van der Waals surface area contributed by atoms with Crippen LogP contribution in [0.15, 0.2) is 30.5 Å². The highest BCUT2D eigenvalue weighted by molar-refractivity contribution is 5.84. The topological polar surface area (TPSA) is 53.1 Å². The SMILES string of the molecule is CCCCCCC(CC(=O)O)c1c[nH]c2ccccc12. The predicted octanol–water partition coefficient (Wildman–Crippen LogP) is 4.70. The second-order valence-electron chi connectivity index (χ2n) is 5.43. The summed E-state index contributed by atoms with van der Waals surface area (Å²) in [5.74, 6) is -0.601. The van der Waals surface area contributed by atoms with Crippen molar-refractivity contribution < 1.29 is 9.90 Å². The van der Waals surface area contributed by atoms with Crippen LogP contribution in [-0.4, -0.2) is 16.1 Å². The second-order valence-corrected chi connectivity index (χ2v) is 5.43. The molecule has 0 spiro atoms. The van der Waals surface area contributed by atoms with Crippen molar-refractivity contribution in [3.63, 3.8) is 0 Å². The number of H-pyrrole nitrogens is 1. The molecule has 1 unspecified atom stereocenters. The van der Waals surface area contributed by atoms with E-state index in [9.17, 15) is 4.79 Å². The van der Waals surface area contributed by atoms with Crippen molar-refractivity contribution in [3.8, 4) is 0 Å². The van der Waals surface area contributed by atoms with Gasteiger partial charge in [-0.2, -0.15) is 0 Å². The molecule has 0 bridgehead atoms.